The number of imidazole rings is 1. The number of pyridine rings is 1. The van der Waals surface area contributed by atoms with Gasteiger partial charge in [0.05, 0.1) is 31.3 Å². The van der Waals surface area contributed by atoms with E-state index in [-0.39, 0.29) is 11.8 Å². The fourth-order valence-corrected chi connectivity index (χ4v) is 3.32. The highest BCUT2D eigenvalue weighted by Crippen LogP contribution is 2.19. The summed E-state index contributed by atoms with van der Waals surface area (Å²) in [7, 11) is 0. The van der Waals surface area contributed by atoms with E-state index in [2.05, 4.69) is 39.2 Å². The van der Waals surface area contributed by atoms with Crippen molar-refractivity contribution in [1.82, 2.24) is 19.9 Å². The number of rotatable bonds is 3. The number of nitrogens with one attached hydrogen (secondary N) is 1. The van der Waals surface area contributed by atoms with Gasteiger partial charge in [-0.15, -0.1) is 0 Å². The SMILES string of the molecule is O=C(c1cnc[nH]1)N1CCOC[C@H](Cc2ccc3ncccc3c2)C1. The third-order valence-corrected chi connectivity index (χ3v) is 4.55. The summed E-state index contributed by atoms with van der Waals surface area (Å²) in [5.74, 6) is 0.249. The summed E-state index contributed by atoms with van der Waals surface area (Å²) >= 11 is 0. The molecule has 0 saturated carbocycles. The van der Waals surface area contributed by atoms with Gasteiger partial charge in [-0.3, -0.25) is 9.78 Å². The van der Waals surface area contributed by atoms with E-state index in [1.165, 1.54) is 11.9 Å². The maximum atomic E-state index is 12.6. The van der Waals surface area contributed by atoms with Gasteiger partial charge in [0.15, 0.2) is 0 Å². The van der Waals surface area contributed by atoms with Crippen molar-refractivity contribution in [1.29, 1.82) is 0 Å². The first kappa shape index (κ1) is 15.8. The van der Waals surface area contributed by atoms with Gasteiger partial charge in [0.2, 0.25) is 0 Å². The number of amides is 1. The lowest BCUT2D eigenvalue weighted by molar-refractivity contribution is 0.0732. The van der Waals surface area contributed by atoms with Crippen molar-refractivity contribution in [2.45, 2.75) is 6.42 Å². The first-order chi connectivity index (χ1) is 12.3. The molecule has 1 aliphatic heterocycles. The zero-order valence-electron chi connectivity index (χ0n) is 13.9. The van der Waals surface area contributed by atoms with Gasteiger partial charge in [-0.25, -0.2) is 4.98 Å². The Morgan fingerprint density at radius 3 is 3.20 bits per heavy atom. The van der Waals surface area contributed by atoms with Gasteiger partial charge in [0.25, 0.3) is 5.91 Å². The van der Waals surface area contributed by atoms with E-state index in [4.69, 9.17) is 4.74 Å². The van der Waals surface area contributed by atoms with Crippen LogP contribution in [0.3, 0.4) is 0 Å². The largest absolute Gasteiger partial charge is 0.379 e. The van der Waals surface area contributed by atoms with E-state index in [0.29, 0.717) is 32.0 Å². The van der Waals surface area contributed by atoms with Crippen LogP contribution in [0.4, 0.5) is 0 Å². The first-order valence-electron chi connectivity index (χ1n) is 8.48. The zero-order chi connectivity index (χ0) is 17.1. The molecule has 128 valence electrons. The number of nitrogens with zero attached hydrogens (tertiary/aromatic N) is 3. The molecule has 1 saturated heterocycles. The van der Waals surface area contributed by atoms with Gasteiger partial charge in [-0.2, -0.15) is 0 Å². The predicted molar refractivity (Wildman–Crippen MR) is 94.2 cm³/mol. The summed E-state index contributed by atoms with van der Waals surface area (Å²) in [6.07, 6.45) is 5.78. The molecule has 3 aromatic rings. The Morgan fingerprint density at radius 1 is 1.36 bits per heavy atom. The Hall–Kier alpha value is -2.73. The average molecular weight is 336 g/mol. The molecule has 2 aromatic heterocycles. The van der Waals surface area contributed by atoms with Crippen LogP contribution in [-0.2, 0) is 11.2 Å². The molecule has 0 bridgehead atoms. The van der Waals surface area contributed by atoms with Crippen LogP contribution in [0, 0.1) is 5.92 Å². The molecular formula is C19H20N4O2. The average Bonchev–Trinajstić information content (AvgIpc) is 3.08. The summed E-state index contributed by atoms with van der Waals surface area (Å²) < 4.78 is 5.73. The van der Waals surface area contributed by atoms with Crippen molar-refractivity contribution < 1.29 is 9.53 Å². The molecule has 1 N–H and O–H groups in total. The minimum Gasteiger partial charge on any atom is -0.379 e. The second kappa shape index (κ2) is 7.03. The quantitative estimate of drug-likeness (QED) is 0.796. The van der Waals surface area contributed by atoms with Gasteiger partial charge in [0.1, 0.15) is 5.69 Å². The van der Waals surface area contributed by atoms with Crippen molar-refractivity contribution in [3.8, 4) is 0 Å². The van der Waals surface area contributed by atoms with E-state index in [0.717, 1.165) is 17.3 Å². The summed E-state index contributed by atoms with van der Waals surface area (Å²) in [5, 5.41) is 1.14. The van der Waals surface area contributed by atoms with E-state index < -0.39 is 0 Å². The number of H-pyrrole nitrogens is 1. The lowest BCUT2D eigenvalue weighted by Gasteiger charge is -2.23. The molecule has 25 heavy (non-hydrogen) atoms. The molecule has 0 spiro atoms. The normalized spacial score (nSPS) is 18.2. The zero-order valence-corrected chi connectivity index (χ0v) is 13.9. The number of ether oxygens (including phenoxy) is 1. The molecule has 1 amide bonds. The van der Waals surface area contributed by atoms with Crippen molar-refractivity contribution in [3.63, 3.8) is 0 Å². The highest BCUT2D eigenvalue weighted by atomic mass is 16.5. The van der Waals surface area contributed by atoms with E-state index in [1.54, 1.807) is 12.4 Å². The van der Waals surface area contributed by atoms with Gasteiger partial charge < -0.3 is 14.6 Å². The van der Waals surface area contributed by atoms with Crippen molar-refractivity contribution in [3.05, 3.63) is 60.3 Å². The molecule has 6 heteroatoms. The van der Waals surface area contributed by atoms with Crippen LogP contribution in [0.25, 0.3) is 10.9 Å². The summed E-state index contributed by atoms with van der Waals surface area (Å²) in [5.41, 5.74) is 2.77. The Labute approximate surface area is 145 Å². The maximum absolute atomic E-state index is 12.6. The minimum absolute atomic E-state index is 0.0179. The molecule has 4 rings (SSSR count). The third-order valence-electron chi connectivity index (χ3n) is 4.55. The number of carbonyl (C=O) groups is 1. The topological polar surface area (TPSA) is 71.1 Å². The molecule has 0 unspecified atom stereocenters. The number of hydrogen-bond donors (Lipinski definition) is 1. The number of benzene rings is 1. The fourth-order valence-electron chi connectivity index (χ4n) is 3.32. The monoisotopic (exact) mass is 336 g/mol. The molecule has 1 aromatic carbocycles. The molecule has 1 atom stereocenters. The molecule has 0 aliphatic carbocycles. The predicted octanol–water partition coefficient (Wildman–Crippen LogP) is 2.29. The minimum atomic E-state index is -0.0179. The smallest absolute Gasteiger partial charge is 0.272 e. The maximum Gasteiger partial charge on any atom is 0.272 e. The Bertz CT molecular complexity index is 863. The Kier molecular flexibility index (Phi) is 4.43. The van der Waals surface area contributed by atoms with Crippen LogP contribution in [0.2, 0.25) is 0 Å². The number of aromatic nitrogens is 3. The van der Waals surface area contributed by atoms with Crippen LogP contribution in [-0.4, -0.2) is 52.1 Å². The van der Waals surface area contributed by atoms with Crippen LogP contribution in [0.15, 0.2) is 49.1 Å². The first-order valence-corrected chi connectivity index (χ1v) is 8.48. The van der Waals surface area contributed by atoms with Gasteiger partial charge in [-0.1, -0.05) is 12.1 Å². The Morgan fingerprint density at radius 2 is 2.32 bits per heavy atom. The second-order valence-electron chi connectivity index (χ2n) is 6.39. The lowest BCUT2D eigenvalue weighted by atomic mass is 9.98. The number of aromatic amines is 1. The molecular weight excluding hydrogens is 316 g/mol. The highest BCUT2D eigenvalue weighted by molar-refractivity contribution is 5.92. The highest BCUT2D eigenvalue weighted by Gasteiger charge is 2.24. The third kappa shape index (κ3) is 3.53. The van der Waals surface area contributed by atoms with Crippen LogP contribution in [0.1, 0.15) is 16.1 Å². The van der Waals surface area contributed by atoms with Crippen molar-refractivity contribution >= 4 is 16.8 Å². The van der Waals surface area contributed by atoms with Crippen LogP contribution < -0.4 is 0 Å². The Balaban J connectivity index is 1.49. The number of carbonyl (C=O) groups excluding carboxylic acids is 1. The summed E-state index contributed by atoms with van der Waals surface area (Å²) in [4.78, 5) is 25.6. The molecule has 0 radical (unpaired) electrons. The van der Waals surface area contributed by atoms with Crippen LogP contribution >= 0.6 is 0 Å². The lowest BCUT2D eigenvalue weighted by Crippen LogP contribution is -2.36. The van der Waals surface area contributed by atoms with Gasteiger partial charge >= 0.3 is 0 Å². The number of fused-ring (bicyclic) bond motifs is 1. The summed E-state index contributed by atoms with van der Waals surface area (Å²) in [6, 6.07) is 10.4. The number of hydrogen-bond acceptors (Lipinski definition) is 4. The van der Waals surface area contributed by atoms with E-state index in [9.17, 15) is 4.79 Å². The molecule has 1 fully saturated rings. The standard InChI is InChI=1S/C19H20N4O2/c24-19(18-10-20-13-22-18)23-6-7-25-12-15(11-23)8-14-3-4-17-16(9-14)2-1-5-21-17/h1-5,9-10,13,15H,6-8,11-12H2,(H,20,22)/t15-/m1/s1. The van der Waals surface area contributed by atoms with Gasteiger partial charge in [0, 0.05) is 30.6 Å². The summed E-state index contributed by atoms with van der Waals surface area (Å²) in [6.45, 7) is 2.52. The molecule has 1 aliphatic rings. The van der Waals surface area contributed by atoms with Crippen LogP contribution in [0.5, 0.6) is 0 Å². The van der Waals surface area contributed by atoms with E-state index >= 15 is 0 Å². The molecule has 3 heterocycles. The molecule has 6 nitrogen and oxygen atoms in total. The van der Waals surface area contributed by atoms with Gasteiger partial charge in [-0.05, 0) is 30.2 Å². The second-order valence-corrected chi connectivity index (χ2v) is 6.39. The van der Waals surface area contributed by atoms with Crippen molar-refractivity contribution in [2.24, 2.45) is 5.92 Å². The van der Waals surface area contributed by atoms with Crippen molar-refractivity contribution in [2.75, 3.05) is 26.3 Å². The van der Waals surface area contributed by atoms with E-state index in [1.807, 2.05) is 11.0 Å². The fraction of sp³-hybridized carbons (Fsp3) is 0.316.